The lowest BCUT2D eigenvalue weighted by Crippen LogP contribution is -2.41. The Morgan fingerprint density at radius 3 is 2.60 bits per heavy atom. The molecule has 1 heterocycles. The van der Waals surface area contributed by atoms with E-state index in [1.807, 2.05) is 0 Å². The molecule has 20 heavy (non-hydrogen) atoms. The topological polar surface area (TPSA) is 15.3 Å². The minimum atomic E-state index is 0.812. The number of hydrogen-bond acceptors (Lipinski definition) is 2. The number of likely N-dealkylation sites (tertiary alicyclic amines) is 1. The number of hydrogen-bond donors (Lipinski definition) is 1. The van der Waals surface area contributed by atoms with Crippen LogP contribution in [0.25, 0.3) is 0 Å². The fraction of sp³-hybridized carbons (Fsp3) is 0.667. The maximum atomic E-state index is 3.70. The van der Waals surface area contributed by atoms with Crippen LogP contribution < -0.4 is 5.32 Å². The van der Waals surface area contributed by atoms with Gasteiger partial charge in [-0.05, 0) is 68.8 Å². The molecule has 1 aromatic rings. The molecule has 4 rings (SSSR count). The van der Waals surface area contributed by atoms with Gasteiger partial charge in [0.25, 0.3) is 0 Å². The molecule has 0 aromatic heterocycles. The normalized spacial score (nSPS) is 27.1. The van der Waals surface area contributed by atoms with E-state index in [0.717, 1.165) is 17.9 Å². The van der Waals surface area contributed by atoms with Gasteiger partial charge in [-0.15, -0.1) is 0 Å². The minimum absolute atomic E-state index is 0.812. The van der Waals surface area contributed by atoms with E-state index in [4.69, 9.17) is 0 Å². The van der Waals surface area contributed by atoms with Crippen molar-refractivity contribution < 1.29 is 0 Å². The second-order valence-electron chi connectivity index (χ2n) is 7.03. The third-order valence-electron chi connectivity index (χ3n) is 5.42. The zero-order valence-corrected chi connectivity index (χ0v) is 12.4. The van der Waals surface area contributed by atoms with Gasteiger partial charge in [-0.25, -0.2) is 0 Å². The number of benzene rings is 1. The van der Waals surface area contributed by atoms with E-state index < -0.39 is 0 Å². The van der Waals surface area contributed by atoms with Gasteiger partial charge < -0.3 is 10.2 Å². The first-order valence-corrected chi connectivity index (χ1v) is 8.42. The summed E-state index contributed by atoms with van der Waals surface area (Å²) < 4.78 is 0. The Morgan fingerprint density at radius 1 is 1.05 bits per heavy atom. The van der Waals surface area contributed by atoms with Gasteiger partial charge in [0, 0.05) is 18.5 Å². The van der Waals surface area contributed by atoms with Crippen LogP contribution in [-0.2, 0) is 6.42 Å². The summed E-state index contributed by atoms with van der Waals surface area (Å²) in [5.41, 5.74) is 3.20. The fourth-order valence-corrected chi connectivity index (χ4v) is 3.83. The third kappa shape index (κ3) is 2.77. The Morgan fingerprint density at radius 2 is 1.85 bits per heavy atom. The zero-order valence-electron chi connectivity index (χ0n) is 12.4. The Labute approximate surface area is 122 Å². The molecule has 0 radical (unpaired) electrons. The maximum absolute atomic E-state index is 3.70. The van der Waals surface area contributed by atoms with E-state index in [-0.39, 0.29) is 0 Å². The first-order chi connectivity index (χ1) is 9.88. The van der Waals surface area contributed by atoms with Crippen LogP contribution in [0.4, 0.5) is 0 Å². The van der Waals surface area contributed by atoms with Gasteiger partial charge in [-0.2, -0.15) is 0 Å². The Hall–Kier alpha value is -0.860. The van der Waals surface area contributed by atoms with Gasteiger partial charge in [-0.3, -0.25) is 0 Å². The predicted molar refractivity (Wildman–Crippen MR) is 83.1 cm³/mol. The highest BCUT2D eigenvalue weighted by Gasteiger charge is 2.29. The third-order valence-corrected chi connectivity index (χ3v) is 5.42. The molecule has 2 aliphatic carbocycles. The summed E-state index contributed by atoms with van der Waals surface area (Å²) in [6.07, 6.45) is 6.93. The lowest BCUT2D eigenvalue weighted by Gasteiger charge is -2.38. The molecule has 0 spiro atoms. The summed E-state index contributed by atoms with van der Waals surface area (Å²) in [6.45, 7) is 5.19. The molecule has 2 fully saturated rings. The quantitative estimate of drug-likeness (QED) is 0.885. The zero-order chi connectivity index (χ0) is 13.4. The molecule has 1 unspecified atom stereocenters. The highest BCUT2D eigenvalue weighted by atomic mass is 15.1. The summed E-state index contributed by atoms with van der Waals surface area (Å²) in [4.78, 5) is 2.70. The van der Waals surface area contributed by atoms with Crippen molar-refractivity contribution in [1.29, 1.82) is 0 Å². The van der Waals surface area contributed by atoms with E-state index in [0.29, 0.717) is 0 Å². The molecule has 2 nitrogen and oxygen atoms in total. The second kappa shape index (κ2) is 5.50. The molecule has 108 valence electrons. The van der Waals surface area contributed by atoms with Gasteiger partial charge >= 0.3 is 0 Å². The molecule has 1 atom stereocenters. The van der Waals surface area contributed by atoms with Crippen molar-refractivity contribution >= 4 is 0 Å². The lowest BCUT2D eigenvalue weighted by atomic mass is 9.77. The molecule has 1 saturated heterocycles. The number of nitrogens with one attached hydrogen (secondary N) is 1. The number of piperidine rings is 1. The van der Waals surface area contributed by atoms with E-state index in [9.17, 15) is 0 Å². The number of fused-ring (bicyclic) bond motifs is 1. The molecule has 0 amide bonds. The smallest absolute Gasteiger partial charge is 0.00683 e. The molecule has 1 aromatic carbocycles. The molecular weight excluding hydrogens is 244 g/mol. The van der Waals surface area contributed by atoms with E-state index in [1.54, 1.807) is 11.1 Å². The van der Waals surface area contributed by atoms with Gasteiger partial charge in [0.1, 0.15) is 0 Å². The Bertz CT molecular complexity index is 458. The van der Waals surface area contributed by atoms with Crippen LogP contribution in [0.1, 0.15) is 42.7 Å². The largest absolute Gasteiger partial charge is 0.314 e. The molecule has 1 N–H and O–H groups in total. The first kappa shape index (κ1) is 12.8. The average Bonchev–Trinajstić information content (AvgIpc) is 3.28. The van der Waals surface area contributed by atoms with Crippen LogP contribution in [0.15, 0.2) is 24.3 Å². The molecule has 2 heteroatoms. The molecule has 0 bridgehead atoms. The Balaban J connectivity index is 1.22. The average molecular weight is 270 g/mol. The summed E-state index contributed by atoms with van der Waals surface area (Å²) in [5.74, 6) is 1.74. The van der Waals surface area contributed by atoms with Gasteiger partial charge in [0.2, 0.25) is 0 Å². The molecular formula is C18H26N2. The molecule has 3 aliphatic rings. The summed E-state index contributed by atoms with van der Waals surface area (Å²) >= 11 is 0. The van der Waals surface area contributed by atoms with Crippen LogP contribution >= 0.6 is 0 Å². The van der Waals surface area contributed by atoms with Crippen molar-refractivity contribution in [2.45, 2.75) is 44.1 Å². The first-order valence-electron chi connectivity index (χ1n) is 8.42. The van der Waals surface area contributed by atoms with Crippen LogP contribution in [0.3, 0.4) is 0 Å². The van der Waals surface area contributed by atoms with E-state index in [1.165, 1.54) is 58.3 Å². The van der Waals surface area contributed by atoms with Gasteiger partial charge in [0.15, 0.2) is 0 Å². The van der Waals surface area contributed by atoms with Crippen LogP contribution in [0.5, 0.6) is 0 Å². The minimum Gasteiger partial charge on any atom is -0.314 e. The van der Waals surface area contributed by atoms with Crippen LogP contribution in [-0.4, -0.2) is 37.1 Å². The number of rotatable bonds is 5. The second-order valence-corrected chi connectivity index (χ2v) is 7.03. The lowest BCUT2D eigenvalue weighted by molar-refractivity contribution is 0.169. The standard InChI is InChI=1S/C18H26N2/c1-2-4-18-15(3-1)11-16(18)13-20-9-7-14(8-10-20)12-19-17-5-6-17/h1-4,14,16-17,19H,5-13H2. The Kier molecular flexibility index (Phi) is 3.53. The highest BCUT2D eigenvalue weighted by molar-refractivity contribution is 5.40. The molecule has 1 saturated carbocycles. The monoisotopic (exact) mass is 270 g/mol. The molecule has 1 aliphatic heterocycles. The van der Waals surface area contributed by atoms with E-state index >= 15 is 0 Å². The summed E-state index contributed by atoms with van der Waals surface area (Å²) in [6, 6.07) is 9.87. The van der Waals surface area contributed by atoms with Crippen molar-refractivity contribution in [3.8, 4) is 0 Å². The highest BCUT2D eigenvalue weighted by Crippen LogP contribution is 2.36. The number of nitrogens with zero attached hydrogens (tertiary/aromatic N) is 1. The maximum Gasteiger partial charge on any atom is 0.00683 e. The summed E-state index contributed by atoms with van der Waals surface area (Å²) in [7, 11) is 0. The van der Waals surface area contributed by atoms with Crippen molar-refractivity contribution in [3.63, 3.8) is 0 Å². The van der Waals surface area contributed by atoms with Crippen molar-refractivity contribution in [2.24, 2.45) is 5.92 Å². The van der Waals surface area contributed by atoms with Crippen LogP contribution in [0.2, 0.25) is 0 Å². The van der Waals surface area contributed by atoms with Crippen molar-refractivity contribution in [3.05, 3.63) is 35.4 Å². The summed E-state index contributed by atoms with van der Waals surface area (Å²) in [5, 5.41) is 3.70. The van der Waals surface area contributed by atoms with Crippen molar-refractivity contribution in [1.82, 2.24) is 10.2 Å². The van der Waals surface area contributed by atoms with Crippen molar-refractivity contribution in [2.75, 3.05) is 26.2 Å². The van der Waals surface area contributed by atoms with Crippen LogP contribution in [0, 0.1) is 5.92 Å². The SMILES string of the molecule is c1ccc2c(c1)CC2CN1CCC(CNC2CC2)CC1. The fourth-order valence-electron chi connectivity index (χ4n) is 3.83. The van der Waals surface area contributed by atoms with Gasteiger partial charge in [0.05, 0.1) is 0 Å². The van der Waals surface area contributed by atoms with E-state index in [2.05, 4.69) is 34.5 Å². The predicted octanol–water partition coefficient (Wildman–Crippen LogP) is 2.79. The van der Waals surface area contributed by atoms with Gasteiger partial charge in [-0.1, -0.05) is 24.3 Å².